The van der Waals surface area contributed by atoms with Crippen LogP contribution in [0.1, 0.15) is 24.5 Å². The second-order valence-electron chi connectivity index (χ2n) is 9.75. The van der Waals surface area contributed by atoms with Gasteiger partial charge in [0.1, 0.15) is 0 Å². The predicted molar refractivity (Wildman–Crippen MR) is 160 cm³/mol. The van der Waals surface area contributed by atoms with E-state index in [9.17, 15) is 9.90 Å². The number of amides is 1. The Kier molecular flexibility index (Phi) is 7.63. The molecular formula is C31H30ClN5O2. The summed E-state index contributed by atoms with van der Waals surface area (Å²) >= 11 is 6.21. The lowest BCUT2D eigenvalue weighted by molar-refractivity contribution is -0.116. The summed E-state index contributed by atoms with van der Waals surface area (Å²) in [4.78, 5) is 28.7. The minimum absolute atomic E-state index is 0.00200. The topological polar surface area (TPSA) is 84.8 Å². The SMILES string of the molecule is CC(=O)N(CCCN(C)C)c1ccc(N=C(c2ccc3ncccc3c2)c2c(O)[nH]c3cc(Cl)ccc23)cc1. The van der Waals surface area contributed by atoms with Crippen molar-refractivity contribution in [2.75, 3.05) is 32.1 Å². The van der Waals surface area contributed by atoms with E-state index in [0.29, 0.717) is 28.5 Å². The van der Waals surface area contributed by atoms with E-state index in [1.807, 2.05) is 74.8 Å². The van der Waals surface area contributed by atoms with Crippen molar-refractivity contribution in [1.29, 1.82) is 0 Å². The van der Waals surface area contributed by atoms with Crippen LogP contribution in [0, 0.1) is 0 Å². The van der Waals surface area contributed by atoms with E-state index < -0.39 is 0 Å². The van der Waals surface area contributed by atoms with Gasteiger partial charge in [-0.2, -0.15) is 0 Å². The smallest absolute Gasteiger partial charge is 0.223 e. The molecule has 5 aromatic rings. The van der Waals surface area contributed by atoms with Gasteiger partial charge >= 0.3 is 0 Å². The number of pyridine rings is 1. The van der Waals surface area contributed by atoms with Gasteiger partial charge in [-0.1, -0.05) is 29.8 Å². The lowest BCUT2D eigenvalue weighted by atomic mass is 9.99. The van der Waals surface area contributed by atoms with Crippen LogP contribution in [0.25, 0.3) is 21.8 Å². The Bertz CT molecular complexity index is 1670. The number of aromatic hydroxyl groups is 1. The lowest BCUT2D eigenvalue weighted by Crippen LogP contribution is -2.31. The highest BCUT2D eigenvalue weighted by Gasteiger charge is 2.20. The molecular weight excluding hydrogens is 510 g/mol. The number of nitrogens with one attached hydrogen (secondary N) is 1. The molecule has 0 aliphatic carbocycles. The van der Waals surface area contributed by atoms with E-state index in [2.05, 4.69) is 14.9 Å². The number of carbonyl (C=O) groups is 1. The zero-order valence-corrected chi connectivity index (χ0v) is 22.9. The van der Waals surface area contributed by atoms with E-state index in [-0.39, 0.29) is 11.8 Å². The van der Waals surface area contributed by atoms with Gasteiger partial charge in [0, 0.05) is 46.7 Å². The molecule has 0 aliphatic heterocycles. The van der Waals surface area contributed by atoms with Crippen LogP contribution in [0.4, 0.5) is 11.4 Å². The molecule has 0 atom stereocenters. The fourth-order valence-corrected chi connectivity index (χ4v) is 4.90. The number of aromatic nitrogens is 2. The second kappa shape index (κ2) is 11.3. The Morgan fingerprint density at radius 1 is 1.03 bits per heavy atom. The molecule has 0 fully saturated rings. The molecule has 198 valence electrons. The standard InChI is InChI=1S/C31H30ClN5O2/c1-20(38)37(17-5-16-36(2)3)25-11-9-24(10-12-25)34-30(22-7-14-27-21(18-22)6-4-15-33-27)29-26-13-8-23(32)19-28(26)35-31(29)39/h4,6-15,18-19,35,39H,5,16-17H2,1-3H3. The molecule has 0 aliphatic rings. The van der Waals surface area contributed by atoms with Crippen molar-refractivity contribution in [3.63, 3.8) is 0 Å². The van der Waals surface area contributed by atoms with Crippen LogP contribution in [0.2, 0.25) is 5.02 Å². The molecule has 5 rings (SSSR count). The quantitative estimate of drug-likeness (QED) is 0.219. The Labute approximate surface area is 232 Å². The minimum atomic E-state index is -0.00200. The summed E-state index contributed by atoms with van der Waals surface area (Å²) in [7, 11) is 4.04. The molecule has 0 bridgehead atoms. The Morgan fingerprint density at radius 2 is 1.82 bits per heavy atom. The normalized spacial score (nSPS) is 12.0. The van der Waals surface area contributed by atoms with Crippen LogP contribution in [0.15, 0.2) is 84.0 Å². The number of aromatic amines is 1. The molecule has 1 amide bonds. The summed E-state index contributed by atoms with van der Waals surface area (Å²) in [6.07, 6.45) is 2.63. The van der Waals surface area contributed by atoms with Crippen LogP contribution in [0.5, 0.6) is 5.88 Å². The number of benzene rings is 3. The van der Waals surface area contributed by atoms with Gasteiger partial charge in [0.25, 0.3) is 0 Å². The van der Waals surface area contributed by atoms with Crippen LogP contribution >= 0.6 is 11.6 Å². The first kappa shape index (κ1) is 26.4. The van der Waals surface area contributed by atoms with Crippen LogP contribution < -0.4 is 4.90 Å². The van der Waals surface area contributed by atoms with Gasteiger partial charge in [0.15, 0.2) is 5.88 Å². The van der Waals surface area contributed by atoms with Crippen molar-refractivity contribution in [3.05, 3.63) is 95.1 Å². The Morgan fingerprint density at radius 3 is 2.56 bits per heavy atom. The average Bonchev–Trinajstić information content (AvgIpc) is 3.24. The third kappa shape index (κ3) is 5.79. The first-order chi connectivity index (χ1) is 18.8. The summed E-state index contributed by atoms with van der Waals surface area (Å²) in [5.74, 6) is 0.00964. The first-order valence-electron chi connectivity index (χ1n) is 12.8. The maximum atomic E-state index is 12.4. The third-order valence-electron chi connectivity index (χ3n) is 6.62. The molecule has 8 heteroatoms. The summed E-state index contributed by atoms with van der Waals surface area (Å²) in [5.41, 5.74) is 5.13. The van der Waals surface area contributed by atoms with Gasteiger partial charge < -0.3 is 19.9 Å². The van der Waals surface area contributed by atoms with Crippen molar-refractivity contribution in [1.82, 2.24) is 14.9 Å². The number of nitrogens with zero attached hydrogens (tertiary/aromatic N) is 4. The van der Waals surface area contributed by atoms with Crippen LogP contribution in [-0.2, 0) is 4.79 Å². The Balaban J connectivity index is 1.59. The highest BCUT2D eigenvalue weighted by Crippen LogP contribution is 2.34. The minimum Gasteiger partial charge on any atom is -0.494 e. The van der Waals surface area contributed by atoms with Crippen LogP contribution in [-0.4, -0.2) is 58.8 Å². The van der Waals surface area contributed by atoms with E-state index in [0.717, 1.165) is 46.0 Å². The van der Waals surface area contributed by atoms with Gasteiger partial charge in [-0.15, -0.1) is 0 Å². The molecule has 39 heavy (non-hydrogen) atoms. The number of anilines is 1. The second-order valence-corrected chi connectivity index (χ2v) is 10.2. The van der Waals surface area contributed by atoms with Gasteiger partial charge in [-0.3, -0.25) is 9.78 Å². The van der Waals surface area contributed by atoms with Crippen molar-refractivity contribution in [2.24, 2.45) is 4.99 Å². The number of carbonyl (C=O) groups excluding carboxylic acids is 1. The molecule has 0 spiro atoms. The number of aliphatic imine (C=N–C) groups is 1. The number of rotatable bonds is 8. The predicted octanol–water partition coefficient (Wildman–Crippen LogP) is 6.55. The maximum absolute atomic E-state index is 12.4. The molecule has 7 nitrogen and oxygen atoms in total. The fourth-order valence-electron chi connectivity index (χ4n) is 4.73. The maximum Gasteiger partial charge on any atom is 0.223 e. The molecule has 0 unspecified atom stereocenters. The molecule has 2 N–H and O–H groups in total. The lowest BCUT2D eigenvalue weighted by Gasteiger charge is -2.22. The Hall–Kier alpha value is -4.20. The largest absolute Gasteiger partial charge is 0.494 e. The van der Waals surface area contributed by atoms with E-state index >= 15 is 0 Å². The highest BCUT2D eigenvalue weighted by atomic mass is 35.5. The molecule has 0 radical (unpaired) electrons. The van der Waals surface area contributed by atoms with Crippen molar-refractivity contribution in [2.45, 2.75) is 13.3 Å². The fraction of sp³-hybridized carbons (Fsp3) is 0.194. The van der Waals surface area contributed by atoms with Crippen molar-refractivity contribution in [3.8, 4) is 5.88 Å². The number of hydrogen-bond donors (Lipinski definition) is 2. The molecule has 2 heterocycles. The summed E-state index contributed by atoms with van der Waals surface area (Å²) in [6, 6.07) is 22.9. The van der Waals surface area contributed by atoms with Crippen molar-refractivity contribution < 1.29 is 9.90 Å². The van der Waals surface area contributed by atoms with Gasteiger partial charge in [0.05, 0.1) is 28.0 Å². The average molecular weight is 540 g/mol. The monoisotopic (exact) mass is 539 g/mol. The molecule has 0 saturated carbocycles. The molecule has 0 saturated heterocycles. The highest BCUT2D eigenvalue weighted by molar-refractivity contribution is 6.31. The summed E-state index contributed by atoms with van der Waals surface area (Å²) in [6.45, 7) is 3.12. The molecule has 3 aromatic carbocycles. The van der Waals surface area contributed by atoms with E-state index in [1.165, 1.54) is 0 Å². The summed E-state index contributed by atoms with van der Waals surface area (Å²) < 4.78 is 0. The number of H-pyrrole nitrogens is 1. The number of hydrogen-bond acceptors (Lipinski definition) is 5. The first-order valence-corrected chi connectivity index (χ1v) is 13.2. The van der Waals surface area contributed by atoms with Crippen molar-refractivity contribution >= 4 is 56.4 Å². The molecule has 2 aromatic heterocycles. The summed E-state index contributed by atoms with van der Waals surface area (Å²) in [5, 5.41) is 13.4. The van der Waals surface area contributed by atoms with E-state index in [4.69, 9.17) is 16.6 Å². The van der Waals surface area contributed by atoms with Crippen LogP contribution in [0.3, 0.4) is 0 Å². The zero-order valence-electron chi connectivity index (χ0n) is 22.1. The van der Waals surface area contributed by atoms with Gasteiger partial charge in [-0.25, -0.2) is 4.99 Å². The number of halogens is 1. The number of fused-ring (bicyclic) bond motifs is 2. The van der Waals surface area contributed by atoms with Gasteiger partial charge in [-0.05, 0) is 81.7 Å². The van der Waals surface area contributed by atoms with E-state index in [1.54, 1.807) is 30.2 Å². The third-order valence-corrected chi connectivity index (χ3v) is 6.86. The van der Waals surface area contributed by atoms with Gasteiger partial charge in [0.2, 0.25) is 5.91 Å². The zero-order chi connectivity index (χ0) is 27.5.